The Morgan fingerprint density at radius 1 is 1.10 bits per heavy atom. The number of hydrogen-bond donors (Lipinski definition) is 0. The van der Waals surface area contributed by atoms with Crippen molar-refractivity contribution in [3.8, 4) is 5.75 Å². The van der Waals surface area contributed by atoms with Crippen molar-refractivity contribution in [2.45, 2.75) is 65.0 Å². The summed E-state index contributed by atoms with van der Waals surface area (Å²) < 4.78 is 35.5. The van der Waals surface area contributed by atoms with Gasteiger partial charge in [-0.15, -0.1) is 0 Å². The molecule has 170 valence electrons. The summed E-state index contributed by atoms with van der Waals surface area (Å²) >= 11 is 0. The fraction of sp³-hybridized carbons (Fsp3) is 0.542. The van der Waals surface area contributed by atoms with Gasteiger partial charge in [0.05, 0.1) is 24.7 Å². The Kier molecular flexibility index (Phi) is 8.18. The predicted octanol–water partition coefficient (Wildman–Crippen LogP) is 4.77. The Balaban J connectivity index is 1.64. The first-order valence-electron chi connectivity index (χ1n) is 11.2. The quantitative estimate of drug-likeness (QED) is 0.464. The summed E-state index contributed by atoms with van der Waals surface area (Å²) in [5.74, 6) is 2.07. The van der Waals surface area contributed by atoms with E-state index in [4.69, 9.17) is 9.15 Å². The molecule has 0 N–H and O–H groups in total. The molecule has 0 radical (unpaired) electrons. The summed E-state index contributed by atoms with van der Waals surface area (Å²) in [6.45, 7) is 4.96. The van der Waals surface area contributed by atoms with Crippen molar-refractivity contribution in [2.75, 3.05) is 18.1 Å². The molecular formula is C24H33NO5S. The highest BCUT2D eigenvalue weighted by Crippen LogP contribution is 2.24. The number of sulfone groups is 1. The lowest BCUT2D eigenvalue weighted by Crippen LogP contribution is -2.40. The number of furan rings is 1. The molecule has 7 heteroatoms. The minimum absolute atomic E-state index is 0.00232. The molecule has 1 aliphatic rings. The van der Waals surface area contributed by atoms with Gasteiger partial charge in [-0.1, -0.05) is 32.6 Å². The molecule has 2 aromatic rings. The summed E-state index contributed by atoms with van der Waals surface area (Å²) in [6.07, 6.45) is 6.35. The fourth-order valence-electron chi connectivity index (χ4n) is 3.88. The number of aryl methyl sites for hydroxylation is 1. The molecule has 0 bridgehead atoms. The highest BCUT2D eigenvalue weighted by molar-refractivity contribution is 7.91. The monoisotopic (exact) mass is 447 g/mol. The maximum absolute atomic E-state index is 13.3. The van der Waals surface area contributed by atoms with Crippen molar-refractivity contribution < 1.29 is 22.4 Å². The van der Waals surface area contributed by atoms with Crippen molar-refractivity contribution in [1.29, 1.82) is 0 Å². The third-order valence-corrected chi connectivity index (χ3v) is 7.40. The minimum Gasteiger partial charge on any atom is -0.494 e. The van der Waals surface area contributed by atoms with E-state index in [0.717, 1.165) is 24.4 Å². The topological polar surface area (TPSA) is 76.8 Å². The zero-order valence-corrected chi connectivity index (χ0v) is 19.3. The fourth-order valence-corrected chi connectivity index (χ4v) is 5.61. The molecule has 0 unspecified atom stereocenters. The number of unbranched alkanes of at least 4 members (excludes halogenated alkanes) is 4. The van der Waals surface area contributed by atoms with Crippen molar-refractivity contribution in [2.24, 2.45) is 0 Å². The zero-order chi connectivity index (χ0) is 22.3. The molecule has 0 saturated carbocycles. The van der Waals surface area contributed by atoms with E-state index in [9.17, 15) is 13.2 Å². The third-order valence-electron chi connectivity index (χ3n) is 5.65. The van der Waals surface area contributed by atoms with E-state index in [1.807, 2.05) is 19.1 Å². The zero-order valence-electron chi connectivity index (χ0n) is 18.5. The smallest absolute Gasteiger partial charge is 0.254 e. The molecule has 31 heavy (non-hydrogen) atoms. The lowest BCUT2D eigenvalue weighted by atomic mass is 10.1. The maximum atomic E-state index is 13.3. The van der Waals surface area contributed by atoms with Crippen LogP contribution in [0.3, 0.4) is 0 Å². The molecule has 6 nitrogen and oxygen atoms in total. The van der Waals surface area contributed by atoms with Gasteiger partial charge in [0.15, 0.2) is 9.84 Å². The van der Waals surface area contributed by atoms with Gasteiger partial charge in [-0.25, -0.2) is 8.42 Å². The van der Waals surface area contributed by atoms with Crippen molar-refractivity contribution in [3.05, 3.63) is 53.5 Å². The molecule has 1 saturated heterocycles. The number of rotatable bonds is 11. The van der Waals surface area contributed by atoms with E-state index < -0.39 is 9.84 Å². The van der Waals surface area contributed by atoms with Gasteiger partial charge in [-0.3, -0.25) is 4.79 Å². The highest BCUT2D eigenvalue weighted by atomic mass is 32.2. The Morgan fingerprint density at radius 2 is 1.84 bits per heavy atom. The van der Waals surface area contributed by atoms with E-state index in [1.54, 1.807) is 29.2 Å². The van der Waals surface area contributed by atoms with Crippen LogP contribution in [0.1, 0.15) is 67.3 Å². The van der Waals surface area contributed by atoms with Gasteiger partial charge in [0.2, 0.25) is 0 Å². The van der Waals surface area contributed by atoms with Crippen LogP contribution in [0.5, 0.6) is 5.75 Å². The van der Waals surface area contributed by atoms with Crippen LogP contribution in [0.2, 0.25) is 0 Å². The standard InChI is InChI=1S/C24H33NO5S/c1-3-4-5-6-7-15-29-22-12-9-20(10-13-22)24(26)25(17-23-11-8-19(2)30-23)21-14-16-31(27,28)18-21/h8-13,21H,3-7,14-18H2,1-2H3/t21-/m0/s1. The third kappa shape index (κ3) is 6.86. The SMILES string of the molecule is CCCCCCCOc1ccc(C(=O)N(Cc2ccc(C)o2)[C@H]2CCS(=O)(=O)C2)cc1. The van der Waals surface area contributed by atoms with Gasteiger partial charge in [0, 0.05) is 11.6 Å². The average Bonchev–Trinajstić information content (AvgIpc) is 3.33. The van der Waals surface area contributed by atoms with Crippen LogP contribution < -0.4 is 4.74 Å². The number of benzene rings is 1. The molecule has 1 atom stereocenters. The van der Waals surface area contributed by atoms with Gasteiger partial charge < -0.3 is 14.1 Å². The highest BCUT2D eigenvalue weighted by Gasteiger charge is 2.35. The summed E-state index contributed by atoms with van der Waals surface area (Å²) in [7, 11) is -3.11. The first-order valence-corrected chi connectivity index (χ1v) is 13.0. The lowest BCUT2D eigenvalue weighted by molar-refractivity contribution is 0.0665. The minimum atomic E-state index is -3.11. The van der Waals surface area contributed by atoms with Gasteiger partial charge in [-0.2, -0.15) is 0 Å². The molecule has 1 aromatic carbocycles. The molecule has 3 rings (SSSR count). The van der Waals surface area contributed by atoms with Crippen LogP contribution in [0.15, 0.2) is 40.8 Å². The van der Waals surface area contributed by atoms with Gasteiger partial charge >= 0.3 is 0 Å². The normalized spacial score (nSPS) is 17.5. The number of carbonyl (C=O) groups excluding carboxylic acids is 1. The number of ether oxygens (including phenoxy) is 1. The van der Waals surface area contributed by atoms with Crippen LogP contribution in [0.25, 0.3) is 0 Å². The van der Waals surface area contributed by atoms with Gasteiger partial charge in [0.1, 0.15) is 17.3 Å². The molecule has 1 amide bonds. The largest absolute Gasteiger partial charge is 0.494 e. The van der Waals surface area contributed by atoms with Crippen LogP contribution in [-0.2, 0) is 16.4 Å². The lowest BCUT2D eigenvalue weighted by Gasteiger charge is -2.27. The van der Waals surface area contributed by atoms with E-state index in [-0.39, 0.29) is 30.0 Å². The second kappa shape index (κ2) is 10.8. The van der Waals surface area contributed by atoms with Gasteiger partial charge in [-0.05, 0) is 56.2 Å². The second-order valence-electron chi connectivity index (χ2n) is 8.29. The molecular weight excluding hydrogens is 414 g/mol. The second-order valence-corrected chi connectivity index (χ2v) is 10.5. The summed E-state index contributed by atoms with van der Waals surface area (Å²) in [4.78, 5) is 14.9. The van der Waals surface area contributed by atoms with Crippen molar-refractivity contribution in [1.82, 2.24) is 4.90 Å². The molecule has 2 heterocycles. The van der Waals surface area contributed by atoms with Crippen molar-refractivity contribution in [3.63, 3.8) is 0 Å². The molecule has 0 spiro atoms. The summed E-state index contributed by atoms with van der Waals surface area (Å²) in [6, 6.07) is 10.4. The van der Waals surface area contributed by atoms with E-state index in [1.165, 1.54) is 19.3 Å². The maximum Gasteiger partial charge on any atom is 0.254 e. The first-order chi connectivity index (χ1) is 14.9. The first kappa shape index (κ1) is 23.4. The Bertz CT molecular complexity index is 949. The van der Waals surface area contributed by atoms with E-state index in [0.29, 0.717) is 24.4 Å². The number of amides is 1. The molecule has 0 aliphatic carbocycles. The van der Waals surface area contributed by atoms with Crippen LogP contribution in [0.4, 0.5) is 0 Å². The number of carbonyl (C=O) groups is 1. The summed E-state index contributed by atoms with van der Waals surface area (Å²) in [5, 5.41) is 0. The van der Waals surface area contributed by atoms with Gasteiger partial charge in [0.25, 0.3) is 5.91 Å². The van der Waals surface area contributed by atoms with Crippen molar-refractivity contribution >= 4 is 15.7 Å². The van der Waals surface area contributed by atoms with Crippen LogP contribution >= 0.6 is 0 Å². The number of hydrogen-bond acceptors (Lipinski definition) is 5. The number of nitrogens with zero attached hydrogens (tertiary/aromatic N) is 1. The Hall–Kier alpha value is -2.28. The Morgan fingerprint density at radius 3 is 2.45 bits per heavy atom. The van der Waals surface area contributed by atoms with Crippen LogP contribution in [-0.4, -0.2) is 43.4 Å². The Labute approximate surface area is 185 Å². The van der Waals surface area contributed by atoms with E-state index >= 15 is 0 Å². The average molecular weight is 448 g/mol. The van der Waals surface area contributed by atoms with E-state index in [2.05, 4.69) is 6.92 Å². The molecule has 1 aliphatic heterocycles. The predicted molar refractivity (Wildman–Crippen MR) is 121 cm³/mol. The van der Waals surface area contributed by atoms with Crippen LogP contribution in [0, 0.1) is 6.92 Å². The summed E-state index contributed by atoms with van der Waals surface area (Å²) in [5.41, 5.74) is 0.517. The molecule has 1 aromatic heterocycles. The molecule has 1 fully saturated rings.